The van der Waals surface area contributed by atoms with Crippen molar-refractivity contribution in [2.75, 3.05) is 10.6 Å². The Morgan fingerprint density at radius 3 is 2.50 bits per heavy atom. The van der Waals surface area contributed by atoms with Gasteiger partial charge in [0.15, 0.2) is 24.0 Å². The number of hydrogen-bond acceptors (Lipinski definition) is 5. The number of benzene rings is 2. The summed E-state index contributed by atoms with van der Waals surface area (Å²) in [6.45, 7) is 2.27. The van der Waals surface area contributed by atoms with Gasteiger partial charge in [0.25, 0.3) is 11.8 Å². The van der Waals surface area contributed by atoms with Crippen molar-refractivity contribution < 1.29 is 23.1 Å². The average Bonchev–Trinajstić information content (AvgIpc) is 3.48. The molecule has 2 aromatic carbocycles. The predicted octanol–water partition coefficient (Wildman–Crippen LogP) is 3.92. The molecule has 4 rings (SSSR count). The molecule has 2 N–H and O–H groups in total. The lowest BCUT2D eigenvalue weighted by atomic mass is 10.2. The molecule has 0 aliphatic heterocycles. The Kier molecular flexibility index (Phi) is 6.62. The third-order valence-corrected chi connectivity index (χ3v) is 4.75. The molecule has 34 heavy (non-hydrogen) atoms. The number of aryl methyl sites for hydroxylation is 1. The summed E-state index contributed by atoms with van der Waals surface area (Å²) in [7, 11) is 0. The molecule has 2 heterocycles. The van der Waals surface area contributed by atoms with Gasteiger partial charge in [-0.15, -0.1) is 0 Å². The Balaban J connectivity index is 1.36. The van der Waals surface area contributed by atoms with Crippen LogP contribution in [0.2, 0.25) is 0 Å². The highest BCUT2D eigenvalue weighted by atomic mass is 19.1. The number of carbonyl (C=O) groups excluding carboxylic acids is 2. The molecule has 4 aromatic rings. The maximum Gasteiger partial charge on any atom is 0.276 e. The lowest BCUT2D eigenvalue weighted by Crippen LogP contribution is -2.18. The summed E-state index contributed by atoms with van der Waals surface area (Å²) in [6, 6.07) is 12.7. The molecular formula is C23H20F2N6O3. The molecular weight excluding hydrogens is 446 g/mol. The Hall–Kier alpha value is -4.54. The third kappa shape index (κ3) is 5.26. The maximum absolute atomic E-state index is 13.7. The molecule has 0 aliphatic rings. The standard InChI is InChI=1S/C23H20F2N6O3/c1-2-31-20(8-10-26-31)23(33)28-17-5-3-4-16(13-17)27-22(32)19-9-11-30(29-19)14-34-21-7-6-15(24)12-18(21)25/h3-13H,2,14H2,1H3,(H,27,32)(H,28,33). The SMILES string of the molecule is CCn1nccc1C(=O)Nc1cccc(NC(=O)c2ccn(COc3ccc(F)cc3F)n2)c1. The monoisotopic (exact) mass is 466 g/mol. The summed E-state index contributed by atoms with van der Waals surface area (Å²) in [4.78, 5) is 25.1. The van der Waals surface area contributed by atoms with Gasteiger partial charge in [0.2, 0.25) is 0 Å². The zero-order valence-electron chi connectivity index (χ0n) is 18.0. The number of hydrogen-bond donors (Lipinski definition) is 2. The van der Waals surface area contributed by atoms with Crippen LogP contribution >= 0.6 is 0 Å². The van der Waals surface area contributed by atoms with Gasteiger partial charge in [0.05, 0.1) is 0 Å². The Labute approximate surface area is 193 Å². The predicted molar refractivity (Wildman–Crippen MR) is 119 cm³/mol. The molecule has 0 saturated heterocycles. The van der Waals surface area contributed by atoms with Crippen molar-refractivity contribution in [3.8, 4) is 5.75 Å². The van der Waals surface area contributed by atoms with Gasteiger partial charge in [-0.2, -0.15) is 10.2 Å². The molecule has 0 spiro atoms. The number of rotatable bonds is 8. The minimum atomic E-state index is -0.837. The number of nitrogens with one attached hydrogen (secondary N) is 2. The number of anilines is 2. The van der Waals surface area contributed by atoms with Crippen LogP contribution in [0.5, 0.6) is 5.75 Å². The van der Waals surface area contributed by atoms with Crippen molar-refractivity contribution in [3.05, 3.63) is 90.0 Å². The normalized spacial score (nSPS) is 10.7. The highest BCUT2D eigenvalue weighted by Gasteiger charge is 2.14. The van der Waals surface area contributed by atoms with Crippen LogP contribution in [0.4, 0.5) is 20.2 Å². The van der Waals surface area contributed by atoms with E-state index in [2.05, 4.69) is 20.8 Å². The summed E-state index contributed by atoms with van der Waals surface area (Å²) < 4.78 is 34.8. The third-order valence-electron chi connectivity index (χ3n) is 4.75. The lowest BCUT2D eigenvalue weighted by Gasteiger charge is -2.09. The fourth-order valence-electron chi connectivity index (χ4n) is 3.13. The van der Waals surface area contributed by atoms with Gasteiger partial charge in [0.1, 0.15) is 11.5 Å². The summed E-state index contributed by atoms with van der Waals surface area (Å²) in [5.41, 5.74) is 1.47. The fraction of sp³-hybridized carbons (Fsp3) is 0.130. The lowest BCUT2D eigenvalue weighted by molar-refractivity contribution is 0.101. The van der Waals surface area contributed by atoms with E-state index in [4.69, 9.17) is 4.74 Å². The number of nitrogens with zero attached hydrogens (tertiary/aromatic N) is 4. The van der Waals surface area contributed by atoms with Gasteiger partial charge in [-0.1, -0.05) is 6.07 Å². The van der Waals surface area contributed by atoms with E-state index in [9.17, 15) is 18.4 Å². The van der Waals surface area contributed by atoms with Crippen molar-refractivity contribution in [1.29, 1.82) is 0 Å². The first kappa shape index (κ1) is 22.6. The van der Waals surface area contributed by atoms with Crippen LogP contribution < -0.4 is 15.4 Å². The van der Waals surface area contributed by atoms with Crippen LogP contribution in [0.3, 0.4) is 0 Å². The van der Waals surface area contributed by atoms with Crippen LogP contribution in [-0.2, 0) is 13.3 Å². The number of ether oxygens (including phenoxy) is 1. The van der Waals surface area contributed by atoms with E-state index in [-0.39, 0.29) is 24.1 Å². The highest BCUT2D eigenvalue weighted by Crippen LogP contribution is 2.19. The summed E-state index contributed by atoms with van der Waals surface area (Å²) in [5, 5.41) is 13.7. The van der Waals surface area contributed by atoms with Gasteiger partial charge < -0.3 is 15.4 Å². The summed E-state index contributed by atoms with van der Waals surface area (Å²) in [5.74, 6) is -2.49. The molecule has 174 valence electrons. The molecule has 0 fully saturated rings. The summed E-state index contributed by atoms with van der Waals surface area (Å²) in [6.07, 6.45) is 3.04. The zero-order chi connectivity index (χ0) is 24.1. The first-order chi connectivity index (χ1) is 16.4. The van der Waals surface area contributed by atoms with Crippen molar-refractivity contribution in [2.45, 2.75) is 20.2 Å². The number of amides is 2. The number of halogens is 2. The van der Waals surface area contributed by atoms with E-state index < -0.39 is 17.5 Å². The maximum atomic E-state index is 13.7. The summed E-state index contributed by atoms with van der Waals surface area (Å²) >= 11 is 0. The van der Waals surface area contributed by atoms with Crippen molar-refractivity contribution in [1.82, 2.24) is 19.6 Å². The molecule has 0 radical (unpaired) electrons. The van der Waals surface area contributed by atoms with Crippen LogP contribution in [0.1, 0.15) is 27.9 Å². The average molecular weight is 466 g/mol. The molecule has 2 aromatic heterocycles. The van der Waals surface area contributed by atoms with Gasteiger partial charge in [-0.3, -0.25) is 14.3 Å². The van der Waals surface area contributed by atoms with E-state index in [1.54, 1.807) is 41.2 Å². The molecule has 0 aliphatic carbocycles. The fourth-order valence-corrected chi connectivity index (χ4v) is 3.13. The largest absolute Gasteiger partial charge is 0.468 e. The van der Waals surface area contributed by atoms with Gasteiger partial charge >= 0.3 is 0 Å². The number of aromatic nitrogens is 4. The molecule has 0 unspecified atom stereocenters. The first-order valence-electron chi connectivity index (χ1n) is 10.3. The topological polar surface area (TPSA) is 103 Å². The van der Waals surface area contributed by atoms with Crippen LogP contribution in [0.25, 0.3) is 0 Å². The van der Waals surface area contributed by atoms with E-state index >= 15 is 0 Å². The molecule has 11 heteroatoms. The smallest absolute Gasteiger partial charge is 0.276 e. The van der Waals surface area contributed by atoms with Crippen LogP contribution in [-0.4, -0.2) is 31.4 Å². The second kappa shape index (κ2) is 9.94. The Morgan fingerprint density at radius 1 is 1.00 bits per heavy atom. The Bertz CT molecular complexity index is 1330. The van der Waals surface area contributed by atoms with Crippen molar-refractivity contribution in [2.24, 2.45) is 0 Å². The minimum absolute atomic E-state index is 0.101. The molecule has 0 saturated carbocycles. The zero-order valence-corrected chi connectivity index (χ0v) is 18.0. The molecule has 2 amide bonds. The van der Waals surface area contributed by atoms with Gasteiger partial charge in [-0.25, -0.2) is 13.5 Å². The van der Waals surface area contributed by atoms with E-state index in [0.717, 1.165) is 6.07 Å². The quantitative estimate of drug-likeness (QED) is 0.410. The Morgan fingerprint density at radius 2 is 1.76 bits per heavy atom. The highest BCUT2D eigenvalue weighted by molar-refractivity contribution is 6.05. The van der Waals surface area contributed by atoms with Crippen LogP contribution in [0.15, 0.2) is 67.0 Å². The second-order valence-electron chi connectivity index (χ2n) is 7.11. The van der Waals surface area contributed by atoms with E-state index in [0.29, 0.717) is 29.7 Å². The minimum Gasteiger partial charge on any atom is -0.468 e. The second-order valence-corrected chi connectivity index (χ2v) is 7.11. The molecule has 9 nitrogen and oxygen atoms in total. The number of carbonyl (C=O) groups is 2. The van der Waals surface area contributed by atoms with E-state index in [1.165, 1.54) is 23.0 Å². The van der Waals surface area contributed by atoms with E-state index in [1.807, 2.05) is 6.92 Å². The van der Waals surface area contributed by atoms with Crippen molar-refractivity contribution >= 4 is 23.2 Å². The van der Waals surface area contributed by atoms with Crippen LogP contribution in [0, 0.1) is 11.6 Å². The molecule has 0 atom stereocenters. The van der Waals surface area contributed by atoms with Crippen molar-refractivity contribution in [3.63, 3.8) is 0 Å². The first-order valence-corrected chi connectivity index (χ1v) is 10.3. The molecule has 0 bridgehead atoms. The van der Waals surface area contributed by atoms with Gasteiger partial charge in [0, 0.05) is 36.4 Å². The van der Waals surface area contributed by atoms with Gasteiger partial charge in [-0.05, 0) is 49.4 Å².